The van der Waals surface area contributed by atoms with Gasteiger partial charge in [0.25, 0.3) is 0 Å². The van der Waals surface area contributed by atoms with Gasteiger partial charge in [0.2, 0.25) is 0 Å². The summed E-state index contributed by atoms with van der Waals surface area (Å²) in [6.07, 6.45) is 0. The number of hydrogen-bond acceptors (Lipinski definition) is 4. The van der Waals surface area contributed by atoms with Crippen molar-refractivity contribution in [2.24, 2.45) is 0 Å². The summed E-state index contributed by atoms with van der Waals surface area (Å²) in [6, 6.07) is 17.3. The zero-order chi connectivity index (χ0) is 17.3. The smallest absolute Gasteiger partial charge is 0.339 e. The van der Waals surface area contributed by atoms with Gasteiger partial charge in [-0.25, -0.2) is 4.79 Å². The number of benzene rings is 3. The molecule has 0 aliphatic carbocycles. The molecular formula is C19H16N2O3. The lowest BCUT2D eigenvalue weighted by molar-refractivity contribution is 0.0694. The number of hydrogen-bond donors (Lipinski definition) is 4. The Morgan fingerprint density at radius 3 is 2.04 bits per heavy atom. The van der Waals surface area contributed by atoms with E-state index in [1.165, 1.54) is 12.1 Å². The zero-order valence-corrected chi connectivity index (χ0v) is 12.7. The first kappa shape index (κ1) is 15.4. The van der Waals surface area contributed by atoms with Crippen LogP contribution in [0, 0.1) is 0 Å². The minimum atomic E-state index is -1.19. The molecule has 24 heavy (non-hydrogen) atoms. The van der Waals surface area contributed by atoms with Crippen LogP contribution in [0.2, 0.25) is 0 Å². The van der Waals surface area contributed by atoms with Crippen LogP contribution in [0.4, 0.5) is 11.4 Å². The molecule has 0 bridgehead atoms. The quantitative estimate of drug-likeness (QED) is 0.551. The zero-order valence-electron chi connectivity index (χ0n) is 12.7. The van der Waals surface area contributed by atoms with Gasteiger partial charge in [0.1, 0.15) is 11.3 Å². The molecule has 0 amide bonds. The Morgan fingerprint density at radius 1 is 0.750 bits per heavy atom. The normalized spacial score (nSPS) is 10.5. The monoisotopic (exact) mass is 320 g/mol. The Balaban J connectivity index is 2.21. The molecular weight excluding hydrogens is 304 g/mol. The predicted octanol–water partition coefficient (Wildman–Crippen LogP) is 3.59. The number of aromatic hydroxyl groups is 1. The lowest BCUT2D eigenvalue weighted by Gasteiger charge is -2.13. The third-order valence-corrected chi connectivity index (χ3v) is 3.80. The molecule has 5 heteroatoms. The Kier molecular flexibility index (Phi) is 3.83. The van der Waals surface area contributed by atoms with E-state index in [2.05, 4.69) is 0 Å². The first-order chi connectivity index (χ1) is 11.5. The van der Waals surface area contributed by atoms with Crippen LogP contribution in [0.15, 0.2) is 60.7 Å². The summed E-state index contributed by atoms with van der Waals surface area (Å²) in [4.78, 5) is 11.3. The molecule has 0 fully saturated rings. The Labute approximate surface area is 138 Å². The number of nitrogens with two attached hydrogens (primary N) is 2. The first-order valence-electron chi connectivity index (χ1n) is 7.28. The molecule has 0 saturated carbocycles. The van der Waals surface area contributed by atoms with Crippen LogP contribution in [-0.2, 0) is 0 Å². The second-order valence-corrected chi connectivity index (χ2v) is 5.46. The highest BCUT2D eigenvalue weighted by molar-refractivity contribution is 5.94. The molecule has 0 aliphatic heterocycles. The van der Waals surface area contributed by atoms with E-state index in [4.69, 9.17) is 11.5 Å². The van der Waals surface area contributed by atoms with Crippen molar-refractivity contribution in [2.45, 2.75) is 0 Å². The van der Waals surface area contributed by atoms with Crippen molar-refractivity contribution in [1.29, 1.82) is 0 Å². The summed E-state index contributed by atoms with van der Waals surface area (Å²) in [5, 5.41) is 18.9. The van der Waals surface area contributed by atoms with Gasteiger partial charge in [0.15, 0.2) is 0 Å². The molecule has 6 N–H and O–H groups in total. The summed E-state index contributed by atoms with van der Waals surface area (Å²) in [6.45, 7) is 0. The number of nitrogen functional groups attached to an aromatic ring is 2. The molecule has 0 aliphatic rings. The Hall–Kier alpha value is -3.47. The highest BCUT2D eigenvalue weighted by atomic mass is 16.4. The lowest BCUT2D eigenvalue weighted by atomic mass is 9.93. The molecule has 120 valence electrons. The molecule has 0 aromatic heterocycles. The van der Waals surface area contributed by atoms with Crippen LogP contribution < -0.4 is 11.5 Å². The number of phenols is 1. The largest absolute Gasteiger partial charge is 0.507 e. The van der Waals surface area contributed by atoms with Gasteiger partial charge in [0.05, 0.1) is 0 Å². The lowest BCUT2D eigenvalue weighted by Crippen LogP contribution is -1.98. The number of carboxylic acid groups (broad SMARTS) is 1. The molecule has 0 atom stereocenters. The van der Waals surface area contributed by atoms with Crippen LogP contribution in [0.25, 0.3) is 22.3 Å². The average Bonchev–Trinajstić information content (AvgIpc) is 2.56. The number of anilines is 2. The van der Waals surface area contributed by atoms with Crippen LogP contribution in [0.5, 0.6) is 5.75 Å². The molecule has 0 saturated heterocycles. The summed E-state index contributed by atoms with van der Waals surface area (Å²) in [5.74, 6) is -1.46. The van der Waals surface area contributed by atoms with Crippen LogP contribution in [0.1, 0.15) is 10.4 Å². The highest BCUT2D eigenvalue weighted by Crippen LogP contribution is 2.35. The molecule has 0 heterocycles. The van der Waals surface area contributed by atoms with Gasteiger partial charge in [-0.3, -0.25) is 0 Å². The second-order valence-electron chi connectivity index (χ2n) is 5.46. The van der Waals surface area contributed by atoms with Crippen molar-refractivity contribution in [1.82, 2.24) is 0 Å². The van der Waals surface area contributed by atoms with E-state index in [0.717, 1.165) is 16.7 Å². The number of carbonyl (C=O) groups is 1. The Morgan fingerprint density at radius 2 is 1.38 bits per heavy atom. The molecule has 0 radical (unpaired) electrons. The van der Waals surface area contributed by atoms with Gasteiger partial charge in [-0.15, -0.1) is 0 Å². The fourth-order valence-corrected chi connectivity index (χ4v) is 2.59. The van der Waals surface area contributed by atoms with Crippen molar-refractivity contribution in [3.8, 4) is 28.0 Å². The minimum absolute atomic E-state index is 0.154. The summed E-state index contributed by atoms with van der Waals surface area (Å²) >= 11 is 0. The average molecular weight is 320 g/mol. The van der Waals surface area contributed by atoms with Gasteiger partial charge in [-0.1, -0.05) is 24.3 Å². The highest BCUT2D eigenvalue weighted by Gasteiger charge is 2.14. The predicted molar refractivity (Wildman–Crippen MR) is 94.8 cm³/mol. The van der Waals surface area contributed by atoms with Crippen molar-refractivity contribution >= 4 is 17.3 Å². The van der Waals surface area contributed by atoms with E-state index in [-0.39, 0.29) is 11.3 Å². The van der Waals surface area contributed by atoms with E-state index in [9.17, 15) is 15.0 Å². The third-order valence-electron chi connectivity index (χ3n) is 3.80. The second kappa shape index (κ2) is 5.96. The van der Waals surface area contributed by atoms with E-state index < -0.39 is 5.97 Å². The summed E-state index contributed by atoms with van der Waals surface area (Å²) in [7, 11) is 0. The number of aromatic carboxylic acids is 1. The maximum Gasteiger partial charge on any atom is 0.339 e. The van der Waals surface area contributed by atoms with Crippen LogP contribution in [0.3, 0.4) is 0 Å². The molecule has 3 aromatic rings. The first-order valence-corrected chi connectivity index (χ1v) is 7.28. The number of rotatable bonds is 3. The van der Waals surface area contributed by atoms with E-state index >= 15 is 0 Å². The molecule has 0 unspecified atom stereocenters. The van der Waals surface area contributed by atoms with E-state index in [0.29, 0.717) is 16.9 Å². The van der Waals surface area contributed by atoms with Gasteiger partial charge in [-0.05, 0) is 58.7 Å². The minimum Gasteiger partial charge on any atom is -0.507 e. The maximum atomic E-state index is 11.3. The molecule has 3 aromatic carbocycles. The van der Waals surface area contributed by atoms with Crippen molar-refractivity contribution < 1.29 is 15.0 Å². The molecule has 3 rings (SSSR count). The maximum absolute atomic E-state index is 11.3. The van der Waals surface area contributed by atoms with Crippen molar-refractivity contribution in [3.63, 3.8) is 0 Å². The van der Waals surface area contributed by atoms with E-state index in [1.54, 1.807) is 30.3 Å². The van der Waals surface area contributed by atoms with E-state index in [1.807, 2.05) is 18.2 Å². The van der Waals surface area contributed by atoms with Crippen molar-refractivity contribution in [2.75, 3.05) is 11.5 Å². The molecule has 5 nitrogen and oxygen atoms in total. The van der Waals surface area contributed by atoms with Crippen LogP contribution >= 0.6 is 0 Å². The van der Waals surface area contributed by atoms with Crippen molar-refractivity contribution in [3.05, 3.63) is 66.2 Å². The third kappa shape index (κ3) is 2.87. The van der Waals surface area contributed by atoms with Gasteiger partial charge in [-0.2, -0.15) is 0 Å². The SMILES string of the molecule is Nc1ccc(-c2ccc(N)cc2-c2ccc(O)c(C(=O)O)c2)cc1. The van der Waals surface area contributed by atoms with Gasteiger partial charge < -0.3 is 21.7 Å². The van der Waals surface area contributed by atoms with Gasteiger partial charge >= 0.3 is 5.97 Å². The standard InChI is InChI=1S/C19H16N2O3/c20-13-4-1-11(2-5-13)15-7-6-14(21)10-16(15)12-3-8-18(22)17(9-12)19(23)24/h1-10,22H,20-21H2,(H,23,24). The van der Waals surface area contributed by atoms with Gasteiger partial charge in [0, 0.05) is 11.4 Å². The molecule has 0 spiro atoms. The summed E-state index contributed by atoms with van der Waals surface area (Å²) < 4.78 is 0. The summed E-state index contributed by atoms with van der Waals surface area (Å²) in [5.41, 5.74) is 16.0. The van der Waals surface area contributed by atoms with Crippen LogP contribution in [-0.4, -0.2) is 16.2 Å². The fourth-order valence-electron chi connectivity index (χ4n) is 2.59. The fraction of sp³-hybridized carbons (Fsp3) is 0. The Bertz CT molecular complexity index is 918. The topological polar surface area (TPSA) is 110 Å². The number of carboxylic acids is 1.